The highest BCUT2D eigenvalue weighted by atomic mass is 35.5. The zero-order valence-electron chi connectivity index (χ0n) is 10.1. The highest BCUT2D eigenvalue weighted by molar-refractivity contribution is 6.29. The van der Waals surface area contributed by atoms with E-state index >= 15 is 0 Å². The second-order valence-corrected chi connectivity index (χ2v) is 4.35. The van der Waals surface area contributed by atoms with E-state index in [1.54, 1.807) is 29.9 Å². The molecule has 0 fully saturated rings. The van der Waals surface area contributed by atoms with Gasteiger partial charge >= 0.3 is 0 Å². The predicted molar refractivity (Wildman–Crippen MR) is 68.4 cm³/mol. The SMILES string of the molecule is Cc1ccc(C#N)cc1OCc1cc(Cl)n(C)n1. The summed E-state index contributed by atoms with van der Waals surface area (Å²) in [5.74, 6) is 0.691. The van der Waals surface area contributed by atoms with Crippen LogP contribution in [0.15, 0.2) is 24.3 Å². The second kappa shape index (κ2) is 5.11. The van der Waals surface area contributed by atoms with Crippen molar-refractivity contribution in [2.75, 3.05) is 0 Å². The number of nitriles is 1. The average Bonchev–Trinajstić information content (AvgIpc) is 2.68. The lowest BCUT2D eigenvalue weighted by Crippen LogP contribution is -1.99. The molecule has 2 aromatic rings. The molecule has 0 atom stereocenters. The van der Waals surface area contributed by atoms with Gasteiger partial charge in [0.2, 0.25) is 0 Å². The highest BCUT2D eigenvalue weighted by Gasteiger charge is 2.06. The summed E-state index contributed by atoms with van der Waals surface area (Å²) in [7, 11) is 1.77. The van der Waals surface area contributed by atoms with E-state index in [4.69, 9.17) is 21.6 Å². The van der Waals surface area contributed by atoms with Crippen LogP contribution in [0.2, 0.25) is 5.15 Å². The second-order valence-electron chi connectivity index (χ2n) is 3.96. The normalized spacial score (nSPS) is 10.1. The van der Waals surface area contributed by atoms with Gasteiger partial charge in [0.05, 0.1) is 11.6 Å². The maximum atomic E-state index is 8.84. The quantitative estimate of drug-likeness (QED) is 0.854. The third kappa shape index (κ3) is 2.63. The number of rotatable bonds is 3. The molecule has 0 N–H and O–H groups in total. The molecule has 18 heavy (non-hydrogen) atoms. The Morgan fingerprint density at radius 3 is 2.83 bits per heavy atom. The molecule has 1 aromatic heterocycles. The van der Waals surface area contributed by atoms with Gasteiger partial charge in [-0.1, -0.05) is 17.7 Å². The molecule has 0 aliphatic carbocycles. The molecule has 0 unspecified atom stereocenters. The molecule has 0 bridgehead atoms. The van der Waals surface area contributed by atoms with Crippen LogP contribution >= 0.6 is 11.6 Å². The van der Waals surface area contributed by atoms with Crippen molar-refractivity contribution >= 4 is 11.6 Å². The Morgan fingerprint density at radius 2 is 2.22 bits per heavy atom. The zero-order valence-corrected chi connectivity index (χ0v) is 10.9. The molecule has 0 saturated heterocycles. The first-order valence-electron chi connectivity index (χ1n) is 5.42. The number of aromatic nitrogens is 2. The third-order valence-electron chi connectivity index (χ3n) is 2.57. The van der Waals surface area contributed by atoms with E-state index < -0.39 is 0 Å². The molecule has 5 heteroatoms. The molecule has 92 valence electrons. The molecule has 0 radical (unpaired) electrons. The summed E-state index contributed by atoms with van der Waals surface area (Å²) < 4.78 is 7.23. The summed E-state index contributed by atoms with van der Waals surface area (Å²) in [6.45, 7) is 2.26. The lowest BCUT2D eigenvalue weighted by molar-refractivity contribution is 0.298. The molecule has 0 aliphatic rings. The van der Waals surface area contributed by atoms with Crippen LogP contribution in [0.1, 0.15) is 16.8 Å². The highest BCUT2D eigenvalue weighted by Crippen LogP contribution is 2.20. The number of ether oxygens (including phenoxy) is 1. The Kier molecular flexibility index (Phi) is 3.54. The fourth-order valence-electron chi connectivity index (χ4n) is 1.55. The van der Waals surface area contributed by atoms with E-state index in [1.807, 2.05) is 13.0 Å². The number of halogens is 1. The zero-order chi connectivity index (χ0) is 13.1. The van der Waals surface area contributed by atoms with Crippen LogP contribution in [0, 0.1) is 18.3 Å². The molecule has 1 aromatic carbocycles. The number of aryl methyl sites for hydroxylation is 2. The summed E-state index contributed by atoms with van der Waals surface area (Å²) >= 11 is 5.89. The minimum Gasteiger partial charge on any atom is -0.487 e. The van der Waals surface area contributed by atoms with Crippen molar-refractivity contribution in [1.82, 2.24) is 9.78 Å². The molecular weight excluding hydrogens is 250 g/mol. The number of hydrogen-bond donors (Lipinski definition) is 0. The largest absolute Gasteiger partial charge is 0.487 e. The summed E-state index contributed by atoms with van der Waals surface area (Å²) in [6.07, 6.45) is 0. The van der Waals surface area contributed by atoms with Gasteiger partial charge in [0, 0.05) is 13.1 Å². The molecule has 2 rings (SSSR count). The van der Waals surface area contributed by atoms with Crippen LogP contribution in [-0.4, -0.2) is 9.78 Å². The Hall–Kier alpha value is -1.99. The smallest absolute Gasteiger partial charge is 0.132 e. The van der Waals surface area contributed by atoms with E-state index in [2.05, 4.69) is 11.2 Å². The van der Waals surface area contributed by atoms with Crippen LogP contribution < -0.4 is 4.74 Å². The Balaban J connectivity index is 2.13. The minimum atomic E-state index is 0.330. The maximum absolute atomic E-state index is 8.84. The fourth-order valence-corrected chi connectivity index (χ4v) is 1.71. The Labute approximate surface area is 110 Å². The van der Waals surface area contributed by atoms with Gasteiger partial charge < -0.3 is 4.74 Å². The van der Waals surface area contributed by atoms with Crippen LogP contribution in [0.5, 0.6) is 5.75 Å². The number of nitrogens with zero attached hydrogens (tertiary/aromatic N) is 3. The van der Waals surface area contributed by atoms with Gasteiger partial charge in [0.1, 0.15) is 23.2 Å². The lowest BCUT2D eigenvalue weighted by atomic mass is 10.1. The van der Waals surface area contributed by atoms with Crippen LogP contribution in [0.25, 0.3) is 0 Å². The van der Waals surface area contributed by atoms with E-state index in [9.17, 15) is 0 Å². The van der Waals surface area contributed by atoms with Gasteiger partial charge in [0.25, 0.3) is 0 Å². The van der Waals surface area contributed by atoms with Crippen molar-refractivity contribution in [3.8, 4) is 11.8 Å². The van der Waals surface area contributed by atoms with Crippen LogP contribution in [-0.2, 0) is 13.7 Å². The maximum Gasteiger partial charge on any atom is 0.132 e. The minimum absolute atomic E-state index is 0.330. The van der Waals surface area contributed by atoms with E-state index in [1.165, 1.54) is 0 Å². The van der Waals surface area contributed by atoms with Gasteiger partial charge in [-0.25, -0.2) is 0 Å². The third-order valence-corrected chi connectivity index (χ3v) is 2.92. The first-order chi connectivity index (χ1) is 8.60. The molecule has 0 aliphatic heterocycles. The van der Waals surface area contributed by atoms with Crippen LogP contribution in [0.4, 0.5) is 0 Å². The van der Waals surface area contributed by atoms with Crippen molar-refractivity contribution in [1.29, 1.82) is 5.26 Å². The predicted octanol–water partition coefficient (Wildman–Crippen LogP) is 2.83. The Morgan fingerprint density at radius 1 is 1.44 bits per heavy atom. The molecule has 0 amide bonds. The molecule has 1 heterocycles. The molecular formula is C13H12ClN3O. The summed E-state index contributed by atoms with van der Waals surface area (Å²) in [5.41, 5.74) is 2.31. The number of hydrogen-bond acceptors (Lipinski definition) is 3. The standard InChI is InChI=1S/C13H12ClN3O/c1-9-3-4-10(7-15)5-12(9)18-8-11-6-13(14)17(2)16-11/h3-6H,8H2,1-2H3. The van der Waals surface area contributed by atoms with Gasteiger partial charge in [-0.15, -0.1) is 0 Å². The number of benzene rings is 1. The van der Waals surface area contributed by atoms with Crippen molar-refractivity contribution in [3.63, 3.8) is 0 Å². The van der Waals surface area contributed by atoms with Crippen molar-refractivity contribution in [2.45, 2.75) is 13.5 Å². The molecule has 4 nitrogen and oxygen atoms in total. The topological polar surface area (TPSA) is 50.8 Å². The van der Waals surface area contributed by atoms with Gasteiger partial charge in [0.15, 0.2) is 0 Å². The first kappa shape index (κ1) is 12.5. The van der Waals surface area contributed by atoms with E-state index in [0.717, 1.165) is 11.3 Å². The van der Waals surface area contributed by atoms with Crippen molar-refractivity contribution in [2.24, 2.45) is 7.05 Å². The monoisotopic (exact) mass is 261 g/mol. The molecule has 0 spiro atoms. The Bertz CT molecular complexity index is 594. The summed E-state index contributed by atoms with van der Waals surface area (Å²) in [6, 6.07) is 9.19. The van der Waals surface area contributed by atoms with E-state index in [0.29, 0.717) is 23.1 Å². The van der Waals surface area contributed by atoms with Gasteiger partial charge in [-0.3, -0.25) is 4.68 Å². The summed E-state index contributed by atoms with van der Waals surface area (Å²) in [5, 5.41) is 13.6. The van der Waals surface area contributed by atoms with Crippen LogP contribution in [0.3, 0.4) is 0 Å². The van der Waals surface area contributed by atoms with Crippen molar-refractivity contribution < 1.29 is 4.74 Å². The first-order valence-corrected chi connectivity index (χ1v) is 5.80. The van der Waals surface area contributed by atoms with Gasteiger partial charge in [-0.2, -0.15) is 10.4 Å². The fraction of sp³-hybridized carbons (Fsp3) is 0.231. The molecule has 0 saturated carbocycles. The lowest BCUT2D eigenvalue weighted by Gasteiger charge is -2.07. The van der Waals surface area contributed by atoms with E-state index in [-0.39, 0.29) is 0 Å². The average molecular weight is 262 g/mol. The van der Waals surface area contributed by atoms with Crippen molar-refractivity contribution in [3.05, 3.63) is 46.2 Å². The summed E-state index contributed by atoms with van der Waals surface area (Å²) in [4.78, 5) is 0. The van der Waals surface area contributed by atoms with Gasteiger partial charge in [-0.05, 0) is 24.6 Å².